The van der Waals surface area contributed by atoms with Gasteiger partial charge in [-0.2, -0.15) is 0 Å². The van der Waals surface area contributed by atoms with Crippen LogP contribution < -0.4 is 20.8 Å². The number of rotatable bonds is 15. The molecule has 2 aromatic rings. The molecule has 0 bridgehead atoms. The summed E-state index contributed by atoms with van der Waals surface area (Å²) in [4.78, 5) is 40.3. The van der Waals surface area contributed by atoms with Crippen molar-refractivity contribution in [2.75, 3.05) is 41.0 Å². The molecule has 2 rings (SSSR count). The van der Waals surface area contributed by atoms with Crippen LogP contribution in [0.3, 0.4) is 0 Å². The lowest BCUT2D eigenvalue weighted by atomic mass is 10.0. The third-order valence-corrected chi connectivity index (χ3v) is 5.72. The first kappa shape index (κ1) is 30.6. The fourth-order valence-electron chi connectivity index (χ4n) is 3.82. The minimum absolute atomic E-state index is 0.114. The molecule has 0 fully saturated rings. The summed E-state index contributed by atoms with van der Waals surface area (Å²) in [6.07, 6.45) is 0.478. The molecule has 0 aliphatic rings. The number of carbonyl (C=O) groups is 3. The maximum absolute atomic E-state index is 13.6. The molecule has 0 aromatic heterocycles. The molecule has 3 N–H and O–H groups in total. The average molecular weight is 528 g/mol. The first-order valence-corrected chi connectivity index (χ1v) is 12.7. The number of likely N-dealkylation sites (N-methyl/N-ethyl adjacent to an activating group) is 1. The van der Waals surface area contributed by atoms with E-state index in [1.165, 1.54) is 5.01 Å². The summed E-state index contributed by atoms with van der Waals surface area (Å²) in [6.45, 7) is 5.38. The Hall–Kier alpha value is -3.63. The number of benzene rings is 2. The van der Waals surface area contributed by atoms with Gasteiger partial charge in [0.2, 0.25) is 11.8 Å². The van der Waals surface area contributed by atoms with Crippen LogP contribution in [-0.4, -0.2) is 74.8 Å². The van der Waals surface area contributed by atoms with Crippen molar-refractivity contribution in [3.8, 4) is 5.75 Å². The van der Waals surface area contributed by atoms with Gasteiger partial charge in [-0.1, -0.05) is 56.3 Å². The van der Waals surface area contributed by atoms with E-state index in [0.717, 1.165) is 16.9 Å². The maximum atomic E-state index is 13.6. The molecule has 2 aromatic carbocycles. The second-order valence-electron chi connectivity index (χ2n) is 9.49. The van der Waals surface area contributed by atoms with Gasteiger partial charge in [0.05, 0.1) is 20.3 Å². The van der Waals surface area contributed by atoms with E-state index >= 15 is 0 Å². The number of hydrogen-bond acceptors (Lipinski definition) is 6. The zero-order valence-corrected chi connectivity index (χ0v) is 23.0. The standard InChI is InChI=1S/C28H41N5O5/c1-21(2)17-25(27(35)33(15-16-37-4)19-23-11-13-24(38-5)14-12-23)30-26(34)20-32(3)31-28(36)29-18-22-9-7-6-8-10-22/h6-14,21,25H,15-20H2,1-5H3,(H,30,34)(H2,29,31,36)/t25-/m0/s1. The molecule has 0 saturated carbocycles. The number of hydrazine groups is 1. The maximum Gasteiger partial charge on any atom is 0.329 e. The summed E-state index contributed by atoms with van der Waals surface area (Å²) in [5, 5.41) is 7.00. The fourth-order valence-corrected chi connectivity index (χ4v) is 3.82. The van der Waals surface area contributed by atoms with Gasteiger partial charge in [-0.15, -0.1) is 0 Å². The Morgan fingerprint density at radius 1 is 0.947 bits per heavy atom. The van der Waals surface area contributed by atoms with Crippen LogP contribution in [-0.2, 0) is 27.4 Å². The number of methoxy groups -OCH3 is 2. The monoisotopic (exact) mass is 527 g/mol. The van der Waals surface area contributed by atoms with E-state index in [0.29, 0.717) is 32.7 Å². The van der Waals surface area contributed by atoms with Crippen LogP contribution in [0.4, 0.5) is 4.79 Å². The smallest absolute Gasteiger partial charge is 0.329 e. The van der Waals surface area contributed by atoms with Crippen molar-refractivity contribution in [2.45, 2.75) is 39.4 Å². The average Bonchev–Trinajstić information content (AvgIpc) is 2.89. The Morgan fingerprint density at radius 3 is 2.24 bits per heavy atom. The van der Waals surface area contributed by atoms with E-state index < -0.39 is 12.1 Å². The van der Waals surface area contributed by atoms with E-state index in [-0.39, 0.29) is 24.3 Å². The van der Waals surface area contributed by atoms with Crippen LogP contribution >= 0.6 is 0 Å². The zero-order chi connectivity index (χ0) is 27.9. The minimum Gasteiger partial charge on any atom is -0.497 e. The highest BCUT2D eigenvalue weighted by atomic mass is 16.5. The molecule has 0 radical (unpaired) electrons. The predicted molar refractivity (Wildman–Crippen MR) is 146 cm³/mol. The number of hydrogen-bond donors (Lipinski definition) is 3. The molecule has 0 aliphatic heterocycles. The van der Waals surface area contributed by atoms with Crippen LogP contribution in [0.2, 0.25) is 0 Å². The molecule has 10 heteroatoms. The highest BCUT2D eigenvalue weighted by Crippen LogP contribution is 2.15. The summed E-state index contributed by atoms with van der Waals surface area (Å²) in [5.41, 5.74) is 4.52. The van der Waals surface area contributed by atoms with Crippen LogP contribution in [0, 0.1) is 5.92 Å². The van der Waals surface area contributed by atoms with E-state index in [9.17, 15) is 14.4 Å². The zero-order valence-electron chi connectivity index (χ0n) is 23.0. The van der Waals surface area contributed by atoms with Crippen molar-refractivity contribution in [3.05, 3.63) is 65.7 Å². The lowest BCUT2D eigenvalue weighted by Crippen LogP contribution is -2.53. The number of nitrogens with one attached hydrogen (secondary N) is 3. The van der Waals surface area contributed by atoms with Gasteiger partial charge < -0.3 is 25.0 Å². The lowest BCUT2D eigenvalue weighted by Gasteiger charge is -2.29. The van der Waals surface area contributed by atoms with Gasteiger partial charge in [0.1, 0.15) is 11.8 Å². The Morgan fingerprint density at radius 2 is 1.63 bits per heavy atom. The Balaban J connectivity index is 1.97. The lowest BCUT2D eigenvalue weighted by molar-refractivity contribution is -0.138. The molecule has 38 heavy (non-hydrogen) atoms. The highest BCUT2D eigenvalue weighted by molar-refractivity contribution is 5.88. The number of ether oxygens (including phenoxy) is 2. The second-order valence-corrected chi connectivity index (χ2v) is 9.49. The summed E-state index contributed by atoms with van der Waals surface area (Å²) in [7, 11) is 4.78. The second kappa shape index (κ2) is 16.3. The fraction of sp³-hybridized carbons (Fsp3) is 0.464. The Kier molecular flexibility index (Phi) is 13.1. The van der Waals surface area contributed by atoms with Gasteiger partial charge in [-0.3, -0.25) is 15.0 Å². The van der Waals surface area contributed by atoms with Crippen LogP contribution in [0.1, 0.15) is 31.4 Å². The van der Waals surface area contributed by atoms with Gasteiger partial charge in [-0.05, 0) is 35.6 Å². The summed E-state index contributed by atoms with van der Waals surface area (Å²) >= 11 is 0. The number of amides is 4. The molecular weight excluding hydrogens is 486 g/mol. The van der Waals surface area contributed by atoms with Crippen LogP contribution in [0.5, 0.6) is 5.75 Å². The molecule has 208 valence electrons. The molecule has 0 aliphatic carbocycles. The van der Waals surface area contributed by atoms with Gasteiger partial charge in [0.15, 0.2) is 0 Å². The van der Waals surface area contributed by atoms with Crippen LogP contribution in [0.25, 0.3) is 0 Å². The molecule has 0 saturated heterocycles. The molecule has 10 nitrogen and oxygen atoms in total. The van der Waals surface area contributed by atoms with Crippen molar-refractivity contribution in [1.82, 2.24) is 26.0 Å². The van der Waals surface area contributed by atoms with Crippen molar-refractivity contribution in [2.24, 2.45) is 5.92 Å². The van der Waals surface area contributed by atoms with Gasteiger partial charge in [-0.25, -0.2) is 9.80 Å². The van der Waals surface area contributed by atoms with E-state index in [2.05, 4.69) is 16.1 Å². The third kappa shape index (κ3) is 11.2. The Bertz CT molecular complexity index is 1000. The SMILES string of the molecule is COCCN(Cc1ccc(OC)cc1)C(=O)[C@H](CC(C)C)NC(=O)CN(C)NC(=O)NCc1ccccc1. The quantitative estimate of drug-likeness (QED) is 0.307. The largest absolute Gasteiger partial charge is 0.497 e. The molecule has 0 heterocycles. The molecule has 0 unspecified atom stereocenters. The summed E-state index contributed by atoms with van der Waals surface area (Å²) in [5.74, 6) is 0.358. The number of nitrogens with zero attached hydrogens (tertiary/aromatic N) is 2. The van der Waals surface area contributed by atoms with Gasteiger partial charge in [0, 0.05) is 33.8 Å². The van der Waals surface area contributed by atoms with Crippen molar-refractivity contribution >= 4 is 17.8 Å². The highest BCUT2D eigenvalue weighted by Gasteiger charge is 2.27. The summed E-state index contributed by atoms with van der Waals surface area (Å²) in [6, 6.07) is 15.9. The van der Waals surface area contributed by atoms with Crippen molar-refractivity contribution < 1.29 is 23.9 Å². The van der Waals surface area contributed by atoms with Crippen LogP contribution in [0.15, 0.2) is 54.6 Å². The minimum atomic E-state index is -0.710. The molecule has 0 spiro atoms. The number of carbonyl (C=O) groups excluding carboxylic acids is 3. The van der Waals surface area contributed by atoms with Gasteiger partial charge >= 0.3 is 6.03 Å². The summed E-state index contributed by atoms with van der Waals surface area (Å²) < 4.78 is 10.4. The van der Waals surface area contributed by atoms with Crippen molar-refractivity contribution in [1.29, 1.82) is 0 Å². The van der Waals surface area contributed by atoms with Gasteiger partial charge in [0.25, 0.3) is 0 Å². The first-order chi connectivity index (χ1) is 18.2. The van der Waals surface area contributed by atoms with E-state index in [1.54, 1.807) is 26.2 Å². The Labute approximate surface area is 225 Å². The number of urea groups is 1. The topological polar surface area (TPSA) is 112 Å². The van der Waals surface area contributed by atoms with E-state index in [4.69, 9.17) is 9.47 Å². The normalized spacial score (nSPS) is 11.7. The molecule has 1 atom stereocenters. The molecular formula is C28H41N5O5. The third-order valence-electron chi connectivity index (χ3n) is 5.72. The van der Waals surface area contributed by atoms with E-state index in [1.807, 2.05) is 68.4 Å². The first-order valence-electron chi connectivity index (χ1n) is 12.7. The predicted octanol–water partition coefficient (Wildman–Crippen LogP) is 2.55. The molecule has 4 amide bonds. The van der Waals surface area contributed by atoms with Crippen molar-refractivity contribution in [3.63, 3.8) is 0 Å².